The number of halogens is 3. The molecule has 0 aliphatic rings. The normalized spacial score (nSPS) is 10.8. The molecule has 3 nitrogen and oxygen atoms in total. The largest absolute Gasteiger partial charge is 0.356 e. The van der Waals surface area contributed by atoms with E-state index in [0.717, 1.165) is 23.6 Å². The molecule has 0 saturated heterocycles. The van der Waals surface area contributed by atoms with Gasteiger partial charge in [-0.05, 0) is 41.8 Å². The molecule has 0 spiro atoms. The zero-order chi connectivity index (χ0) is 15.8. The highest BCUT2D eigenvalue weighted by Gasteiger charge is 2.00. The minimum atomic E-state index is -0.229. The first-order chi connectivity index (χ1) is 10.7. The van der Waals surface area contributed by atoms with Crippen LogP contribution in [0.4, 0.5) is 4.39 Å². The number of guanidine groups is 1. The molecule has 23 heavy (non-hydrogen) atoms. The molecule has 0 unspecified atom stereocenters. The summed E-state index contributed by atoms with van der Waals surface area (Å²) in [5, 5.41) is 7.18. The Morgan fingerprint density at radius 2 is 1.83 bits per heavy atom. The summed E-state index contributed by atoms with van der Waals surface area (Å²) >= 11 is 5.96. The highest BCUT2D eigenvalue weighted by molar-refractivity contribution is 14.0. The van der Waals surface area contributed by atoms with Gasteiger partial charge in [-0.15, -0.1) is 24.0 Å². The Morgan fingerprint density at radius 3 is 2.48 bits per heavy atom. The lowest BCUT2D eigenvalue weighted by Gasteiger charge is -2.12. The summed E-state index contributed by atoms with van der Waals surface area (Å²) in [7, 11) is 1.72. The van der Waals surface area contributed by atoms with Crippen LogP contribution in [-0.4, -0.2) is 19.6 Å². The van der Waals surface area contributed by atoms with Gasteiger partial charge in [0.1, 0.15) is 5.82 Å². The van der Waals surface area contributed by atoms with Crippen molar-refractivity contribution in [3.8, 4) is 0 Å². The van der Waals surface area contributed by atoms with Crippen molar-refractivity contribution in [2.24, 2.45) is 4.99 Å². The Bertz CT molecular complexity index is 632. The van der Waals surface area contributed by atoms with Crippen LogP contribution in [0.1, 0.15) is 11.1 Å². The Balaban J connectivity index is 0.00000264. The molecule has 0 heterocycles. The summed E-state index contributed by atoms with van der Waals surface area (Å²) in [6.07, 6.45) is 0.859. The number of rotatable bonds is 5. The van der Waals surface area contributed by atoms with Crippen LogP contribution in [0.3, 0.4) is 0 Å². The Morgan fingerprint density at radius 1 is 1.09 bits per heavy atom. The Kier molecular flexibility index (Phi) is 8.94. The lowest BCUT2D eigenvalue weighted by Crippen LogP contribution is -2.37. The maximum absolute atomic E-state index is 12.8. The molecule has 2 N–H and O–H groups in total. The van der Waals surface area contributed by atoms with E-state index < -0.39 is 0 Å². The summed E-state index contributed by atoms with van der Waals surface area (Å²) in [5.74, 6) is 0.485. The first-order valence-corrected chi connectivity index (χ1v) is 7.48. The fourth-order valence-electron chi connectivity index (χ4n) is 2.03. The second-order valence-corrected chi connectivity index (χ2v) is 5.30. The molecule has 2 aromatic carbocycles. The maximum Gasteiger partial charge on any atom is 0.191 e. The van der Waals surface area contributed by atoms with Crippen LogP contribution in [-0.2, 0) is 13.0 Å². The van der Waals surface area contributed by atoms with E-state index in [-0.39, 0.29) is 29.8 Å². The van der Waals surface area contributed by atoms with Crippen molar-refractivity contribution in [3.05, 3.63) is 70.5 Å². The van der Waals surface area contributed by atoms with Gasteiger partial charge in [-0.25, -0.2) is 4.39 Å². The molecule has 6 heteroatoms. The van der Waals surface area contributed by atoms with Gasteiger partial charge in [-0.2, -0.15) is 0 Å². The van der Waals surface area contributed by atoms with Gasteiger partial charge in [0, 0.05) is 25.2 Å². The van der Waals surface area contributed by atoms with E-state index in [1.165, 1.54) is 17.7 Å². The summed E-state index contributed by atoms with van der Waals surface area (Å²) < 4.78 is 12.8. The molecule has 0 fully saturated rings. The number of nitrogens with zero attached hydrogens (tertiary/aromatic N) is 1. The molecule has 0 aliphatic carbocycles. The fraction of sp³-hybridized carbons (Fsp3) is 0.235. The Hall–Kier alpha value is -1.34. The molecule has 2 rings (SSSR count). The minimum absolute atomic E-state index is 0. The summed E-state index contributed by atoms with van der Waals surface area (Å²) in [6, 6.07) is 14.2. The van der Waals surface area contributed by atoms with Crippen molar-refractivity contribution in [2.75, 3.05) is 13.6 Å². The third kappa shape index (κ3) is 7.18. The molecule has 0 saturated carbocycles. The average Bonchev–Trinajstić information content (AvgIpc) is 2.52. The van der Waals surface area contributed by atoms with Gasteiger partial charge in [0.05, 0.1) is 0 Å². The van der Waals surface area contributed by atoms with Gasteiger partial charge in [0.15, 0.2) is 5.96 Å². The second-order valence-electron chi connectivity index (χ2n) is 4.86. The van der Waals surface area contributed by atoms with Gasteiger partial charge < -0.3 is 10.6 Å². The third-order valence-electron chi connectivity index (χ3n) is 3.19. The van der Waals surface area contributed by atoms with Crippen LogP contribution >= 0.6 is 35.6 Å². The van der Waals surface area contributed by atoms with Gasteiger partial charge in [-0.3, -0.25) is 4.99 Å². The number of hydrogen-bond acceptors (Lipinski definition) is 1. The van der Waals surface area contributed by atoms with E-state index in [4.69, 9.17) is 11.6 Å². The number of nitrogens with one attached hydrogen (secondary N) is 2. The van der Waals surface area contributed by atoms with Crippen LogP contribution < -0.4 is 10.6 Å². The summed E-state index contributed by atoms with van der Waals surface area (Å²) in [6.45, 7) is 1.35. The number of aliphatic imine (C=N–C) groups is 1. The Labute approximate surface area is 158 Å². The van der Waals surface area contributed by atoms with Crippen molar-refractivity contribution in [3.63, 3.8) is 0 Å². The van der Waals surface area contributed by atoms with Crippen molar-refractivity contribution in [1.29, 1.82) is 0 Å². The molecule has 0 bridgehead atoms. The van der Waals surface area contributed by atoms with Crippen LogP contribution in [0, 0.1) is 5.82 Å². The predicted octanol–water partition coefficient (Wildman–Crippen LogP) is 4.00. The van der Waals surface area contributed by atoms with Gasteiger partial charge in [0.25, 0.3) is 0 Å². The molecule has 0 aromatic heterocycles. The smallest absolute Gasteiger partial charge is 0.191 e. The van der Waals surface area contributed by atoms with E-state index in [1.807, 2.05) is 24.3 Å². The van der Waals surface area contributed by atoms with Crippen molar-refractivity contribution in [2.45, 2.75) is 13.0 Å². The number of benzene rings is 2. The molecular formula is C17H20ClFIN3. The summed E-state index contributed by atoms with van der Waals surface area (Å²) in [5.41, 5.74) is 2.17. The highest BCUT2D eigenvalue weighted by Crippen LogP contribution is 2.10. The summed E-state index contributed by atoms with van der Waals surface area (Å²) in [4.78, 5) is 4.16. The standard InChI is InChI=1S/C17H19ClFN3.HI/c1-20-17(22-12-14-5-7-16(19)8-6-14)21-10-9-13-3-2-4-15(18)11-13;/h2-8,11H,9-10,12H2,1H3,(H2,20,21,22);1H. The second kappa shape index (κ2) is 10.4. The lowest BCUT2D eigenvalue weighted by atomic mass is 10.1. The minimum Gasteiger partial charge on any atom is -0.356 e. The monoisotopic (exact) mass is 447 g/mol. The third-order valence-corrected chi connectivity index (χ3v) is 3.43. The van der Waals surface area contributed by atoms with E-state index in [9.17, 15) is 4.39 Å². The number of hydrogen-bond donors (Lipinski definition) is 2. The van der Waals surface area contributed by atoms with E-state index in [0.29, 0.717) is 12.5 Å². The zero-order valence-electron chi connectivity index (χ0n) is 12.9. The highest BCUT2D eigenvalue weighted by atomic mass is 127. The molecule has 0 aliphatic heterocycles. The van der Waals surface area contributed by atoms with E-state index in [2.05, 4.69) is 15.6 Å². The quantitative estimate of drug-likeness (QED) is 0.413. The fourth-order valence-corrected chi connectivity index (χ4v) is 2.24. The molecule has 0 atom stereocenters. The molecular weight excluding hydrogens is 428 g/mol. The molecule has 2 aromatic rings. The van der Waals surface area contributed by atoms with Gasteiger partial charge in [-0.1, -0.05) is 35.9 Å². The van der Waals surface area contributed by atoms with E-state index in [1.54, 1.807) is 19.2 Å². The molecule has 0 radical (unpaired) electrons. The molecule has 124 valence electrons. The molecule has 0 amide bonds. The zero-order valence-corrected chi connectivity index (χ0v) is 15.9. The van der Waals surface area contributed by atoms with Crippen LogP contribution in [0.25, 0.3) is 0 Å². The average molecular weight is 448 g/mol. The van der Waals surface area contributed by atoms with Crippen LogP contribution in [0.5, 0.6) is 0 Å². The first kappa shape index (κ1) is 19.7. The van der Waals surface area contributed by atoms with Crippen molar-refractivity contribution < 1.29 is 4.39 Å². The lowest BCUT2D eigenvalue weighted by molar-refractivity contribution is 0.626. The van der Waals surface area contributed by atoms with Crippen LogP contribution in [0.15, 0.2) is 53.5 Å². The van der Waals surface area contributed by atoms with Gasteiger partial charge >= 0.3 is 0 Å². The van der Waals surface area contributed by atoms with Crippen molar-refractivity contribution >= 4 is 41.5 Å². The van der Waals surface area contributed by atoms with Gasteiger partial charge in [0.2, 0.25) is 0 Å². The SMILES string of the molecule is CN=C(NCCc1cccc(Cl)c1)NCc1ccc(F)cc1.I. The predicted molar refractivity (Wildman–Crippen MR) is 105 cm³/mol. The first-order valence-electron chi connectivity index (χ1n) is 7.11. The maximum atomic E-state index is 12.8. The topological polar surface area (TPSA) is 36.4 Å². The van der Waals surface area contributed by atoms with Crippen LogP contribution in [0.2, 0.25) is 5.02 Å². The van der Waals surface area contributed by atoms with E-state index >= 15 is 0 Å². The van der Waals surface area contributed by atoms with Crippen molar-refractivity contribution in [1.82, 2.24) is 10.6 Å².